The van der Waals surface area contributed by atoms with E-state index in [-0.39, 0.29) is 17.4 Å². The summed E-state index contributed by atoms with van der Waals surface area (Å²) in [4.78, 5) is 22.8. The van der Waals surface area contributed by atoms with E-state index in [4.69, 9.17) is 4.74 Å². The van der Waals surface area contributed by atoms with Crippen LogP contribution in [-0.2, 0) is 6.42 Å². The number of nitrogens with zero attached hydrogens (tertiary/aromatic N) is 4. The van der Waals surface area contributed by atoms with Gasteiger partial charge in [-0.25, -0.2) is 4.98 Å². The van der Waals surface area contributed by atoms with Gasteiger partial charge in [0.1, 0.15) is 12.1 Å². The average Bonchev–Trinajstić information content (AvgIpc) is 2.63. The molecular formula is C17H15N5O3. The van der Waals surface area contributed by atoms with Gasteiger partial charge >= 0.3 is 11.6 Å². The van der Waals surface area contributed by atoms with Crippen molar-refractivity contribution in [2.75, 3.05) is 5.32 Å². The molecule has 2 aromatic heterocycles. The third kappa shape index (κ3) is 3.69. The van der Waals surface area contributed by atoms with Crippen molar-refractivity contribution in [1.82, 2.24) is 15.0 Å². The van der Waals surface area contributed by atoms with Crippen LogP contribution in [0.4, 0.5) is 17.2 Å². The number of pyridine rings is 1. The largest absolute Gasteiger partial charge is 0.432 e. The number of anilines is 2. The van der Waals surface area contributed by atoms with E-state index in [1.165, 1.54) is 12.5 Å². The van der Waals surface area contributed by atoms with Crippen LogP contribution in [0.15, 0.2) is 55.1 Å². The fourth-order valence-electron chi connectivity index (χ4n) is 2.29. The van der Waals surface area contributed by atoms with Crippen molar-refractivity contribution >= 4 is 17.2 Å². The molecule has 0 amide bonds. The molecule has 1 N–H and O–H groups in total. The first kappa shape index (κ1) is 16.3. The molecule has 0 spiro atoms. The Bertz CT molecular complexity index is 886. The van der Waals surface area contributed by atoms with E-state index in [1.807, 2.05) is 31.2 Å². The summed E-state index contributed by atoms with van der Waals surface area (Å²) in [5, 5.41) is 14.6. The van der Waals surface area contributed by atoms with Crippen molar-refractivity contribution in [2.45, 2.75) is 13.3 Å². The van der Waals surface area contributed by atoms with E-state index in [2.05, 4.69) is 20.3 Å². The summed E-state index contributed by atoms with van der Waals surface area (Å²) in [5.41, 5.74) is 1.43. The second-order valence-electron chi connectivity index (χ2n) is 5.06. The Balaban J connectivity index is 1.99. The molecule has 0 unspecified atom stereocenters. The molecule has 0 radical (unpaired) electrons. The summed E-state index contributed by atoms with van der Waals surface area (Å²) in [5.74, 6) is 0.272. The quantitative estimate of drug-likeness (QED) is 0.537. The molecule has 0 saturated heterocycles. The number of hydrogen-bond acceptors (Lipinski definition) is 7. The van der Waals surface area contributed by atoms with Gasteiger partial charge in [0.25, 0.3) is 0 Å². The minimum absolute atomic E-state index is 0.0693. The van der Waals surface area contributed by atoms with Crippen LogP contribution >= 0.6 is 0 Å². The van der Waals surface area contributed by atoms with E-state index >= 15 is 0 Å². The topological polar surface area (TPSA) is 103 Å². The molecular weight excluding hydrogens is 322 g/mol. The molecule has 8 heteroatoms. The summed E-state index contributed by atoms with van der Waals surface area (Å²) < 4.78 is 5.51. The zero-order valence-corrected chi connectivity index (χ0v) is 13.4. The maximum absolute atomic E-state index is 11.6. The number of benzene rings is 1. The van der Waals surface area contributed by atoms with Gasteiger partial charge in [0.15, 0.2) is 0 Å². The van der Waals surface area contributed by atoms with E-state index in [1.54, 1.807) is 18.3 Å². The highest BCUT2D eigenvalue weighted by Crippen LogP contribution is 2.35. The lowest BCUT2D eigenvalue weighted by molar-refractivity contribution is -0.385. The first-order valence-corrected chi connectivity index (χ1v) is 7.61. The molecule has 0 aliphatic heterocycles. The molecule has 0 fully saturated rings. The maximum atomic E-state index is 11.6. The SMILES string of the molecule is CCc1ccccc1Nc1ncnc(Oc2cccnc2)c1[N+](=O)[O-]. The molecule has 0 bridgehead atoms. The zero-order chi connectivity index (χ0) is 17.6. The highest BCUT2D eigenvalue weighted by molar-refractivity contribution is 5.70. The third-order valence-electron chi connectivity index (χ3n) is 3.47. The van der Waals surface area contributed by atoms with Crippen molar-refractivity contribution < 1.29 is 9.66 Å². The Hall–Kier alpha value is -3.55. The van der Waals surface area contributed by atoms with Crippen LogP contribution in [-0.4, -0.2) is 19.9 Å². The molecule has 1 aromatic carbocycles. The first-order valence-electron chi connectivity index (χ1n) is 7.61. The lowest BCUT2D eigenvalue weighted by Gasteiger charge is -2.11. The second kappa shape index (κ2) is 7.35. The molecule has 8 nitrogen and oxygen atoms in total. The number of para-hydroxylation sites is 1. The van der Waals surface area contributed by atoms with E-state index in [0.717, 1.165) is 17.7 Å². The lowest BCUT2D eigenvalue weighted by Crippen LogP contribution is -2.04. The van der Waals surface area contributed by atoms with E-state index in [0.29, 0.717) is 5.75 Å². The molecule has 126 valence electrons. The van der Waals surface area contributed by atoms with Crippen LogP contribution < -0.4 is 10.1 Å². The summed E-state index contributed by atoms with van der Waals surface area (Å²) >= 11 is 0. The summed E-state index contributed by atoms with van der Waals surface area (Å²) in [6.07, 6.45) is 5.03. The summed E-state index contributed by atoms with van der Waals surface area (Å²) in [6.45, 7) is 2.01. The lowest BCUT2D eigenvalue weighted by atomic mass is 10.1. The molecule has 3 rings (SSSR count). The van der Waals surface area contributed by atoms with Gasteiger partial charge in [0.05, 0.1) is 11.1 Å². The Morgan fingerprint density at radius 1 is 1.20 bits per heavy atom. The van der Waals surface area contributed by atoms with Gasteiger partial charge in [-0.2, -0.15) is 4.98 Å². The van der Waals surface area contributed by atoms with Gasteiger partial charge in [-0.1, -0.05) is 25.1 Å². The summed E-state index contributed by atoms with van der Waals surface area (Å²) in [6, 6.07) is 10.9. The number of hydrogen-bond donors (Lipinski definition) is 1. The van der Waals surface area contributed by atoms with Crippen molar-refractivity contribution in [3.05, 3.63) is 70.8 Å². The molecule has 3 aromatic rings. The number of nitro groups is 1. The van der Waals surface area contributed by atoms with E-state index in [9.17, 15) is 10.1 Å². The normalized spacial score (nSPS) is 10.3. The molecule has 0 atom stereocenters. The minimum atomic E-state index is -0.567. The van der Waals surface area contributed by atoms with Gasteiger partial charge in [-0.15, -0.1) is 0 Å². The summed E-state index contributed by atoms with van der Waals surface area (Å²) in [7, 11) is 0. The van der Waals surface area contributed by atoms with Gasteiger partial charge in [-0.05, 0) is 30.2 Å². The second-order valence-corrected chi connectivity index (χ2v) is 5.06. The smallest absolute Gasteiger partial charge is 0.373 e. The predicted molar refractivity (Wildman–Crippen MR) is 92.1 cm³/mol. The Kier molecular flexibility index (Phi) is 4.79. The number of nitrogens with one attached hydrogen (secondary N) is 1. The zero-order valence-electron chi connectivity index (χ0n) is 13.4. The van der Waals surface area contributed by atoms with Crippen LogP contribution in [0.3, 0.4) is 0 Å². The molecule has 2 heterocycles. The fraction of sp³-hybridized carbons (Fsp3) is 0.118. The maximum Gasteiger partial charge on any atom is 0.373 e. The molecule has 25 heavy (non-hydrogen) atoms. The Morgan fingerprint density at radius 3 is 2.76 bits per heavy atom. The molecule has 0 aliphatic carbocycles. The first-order chi connectivity index (χ1) is 12.2. The van der Waals surface area contributed by atoms with Gasteiger partial charge in [0, 0.05) is 11.9 Å². The van der Waals surface area contributed by atoms with Crippen molar-refractivity contribution in [3.63, 3.8) is 0 Å². The molecule has 0 saturated carbocycles. The number of aromatic nitrogens is 3. The fourth-order valence-corrected chi connectivity index (χ4v) is 2.29. The van der Waals surface area contributed by atoms with Crippen LogP contribution in [0.25, 0.3) is 0 Å². The monoisotopic (exact) mass is 337 g/mol. The van der Waals surface area contributed by atoms with Gasteiger partial charge in [0.2, 0.25) is 5.82 Å². The Morgan fingerprint density at radius 2 is 2.04 bits per heavy atom. The van der Waals surface area contributed by atoms with Crippen LogP contribution in [0.5, 0.6) is 11.6 Å². The average molecular weight is 337 g/mol. The minimum Gasteiger partial charge on any atom is -0.432 e. The van der Waals surface area contributed by atoms with Gasteiger partial charge in [-0.3, -0.25) is 15.1 Å². The third-order valence-corrected chi connectivity index (χ3v) is 3.47. The standard InChI is InChI=1S/C17H15N5O3/c1-2-12-6-3-4-8-14(12)21-16-15(22(23)24)17(20-11-19-16)25-13-7-5-9-18-10-13/h3-11H,2H2,1H3,(H,19,20,21). The Labute approximate surface area is 143 Å². The van der Waals surface area contributed by atoms with Crippen molar-refractivity contribution in [1.29, 1.82) is 0 Å². The number of ether oxygens (including phenoxy) is 1. The highest BCUT2D eigenvalue weighted by atomic mass is 16.6. The van der Waals surface area contributed by atoms with Gasteiger partial charge < -0.3 is 10.1 Å². The number of rotatable bonds is 6. The van der Waals surface area contributed by atoms with Crippen LogP contribution in [0.2, 0.25) is 0 Å². The van der Waals surface area contributed by atoms with Crippen LogP contribution in [0.1, 0.15) is 12.5 Å². The number of aryl methyl sites for hydroxylation is 1. The van der Waals surface area contributed by atoms with E-state index < -0.39 is 4.92 Å². The molecule has 0 aliphatic rings. The van der Waals surface area contributed by atoms with Crippen molar-refractivity contribution in [2.24, 2.45) is 0 Å². The predicted octanol–water partition coefficient (Wildman–Crippen LogP) is 3.88. The van der Waals surface area contributed by atoms with Crippen molar-refractivity contribution in [3.8, 4) is 11.6 Å². The highest BCUT2D eigenvalue weighted by Gasteiger charge is 2.25. The van der Waals surface area contributed by atoms with Crippen LogP contribution in [0, 0.1) is 10.1 Å².